The van der Waals surface area contributed by atoms with Crippen LogP contribution in [0.5, 0.6) is 0 Å². The molecule has 5 rings (SSSR count). The molecule has 0 aliphatic carbocycles. The van der Waals surface area contributed by atoms with Gasteiger partial charge >= 0.3 is 0 Å². The van der Waals surface area contributed by atoms with E-state index in [9.17, 15) is 4.79 Å². The topological polar surface area (TPSA) is 49.6 Å². The third-order valence-electron chi connectivity index (χ3n) is 5.91. The summed E-state index contributed by atoms with van der Waals surface area (Å²) >= 11 is 0. The van der Waals surface area contributed by atoms with Gasteiger partial charge in [0.1, 0.15) is 0 Å². The normalized spacial score (nSPS) is 26.3. The number of aromatic nitrogens is 1. The van der Waals surface area contributed by atoms with E-state index in [4.69, 9.17) is 4.52 Å². The SMILES string of the molecule is O=C1N(Cc2ccccc2)C[C@@]2(F)CN(Cc3cc(-c4ccccc4)on3)C[C@@]12F. The number of nitrogens with zero attached hydrogens (tertiary/aromatic N) is 3. The van der Waals surface area contributed by atoms with Crippen molar-refractivity contribution in [3.05, 3.63) is 78.0 Å². The first kappa shape index (κ1) is 18.9. The molecule has 30 heavy (non-hydrogen) atoms. The molecule has 0 saturated carbocycles. The molecule has 3 aromatic rings. The summed E-state index contributed by atoms with van der Waals surface area (Å²) in [6.45, 7) is -0.266. The Balaban J connectivity index is 1.29. The van der Waals surface area contributed by atoms with Gasteiger partial charge in [-0.15, -0.1) is 0 Å². The molecule has 5 nitrogen and oxygen atoms in total. The Kier molecular flexibility index (Phi) is 4.43. The third kappa shape index (κ3) is 3.10. The summed E-state index contributed by atoms with van der Waals surface area (Å²) in [6, 6.07) is 20.5. The molecule has 2 atom stereocenters. The number of likely N-dealkylation sites (tertiary alicyclic amines) is 2. The first-order chi connectivity index (χ1) is 14.5. The molecule has 2 saturated heterocycles. The Bertz CT molecular complexity index is 1060. The van der Waals surface area contributed by atoms with E-state index in [1.54, 1.807) is 11.0 Å². The Hall–Kier alpha value is -3.06. The molecule has 7 heteroatoms. The molecular formula is C23H21F2N3O2. The summed E-state index contributed by atoms with van der Waals surface area (Å²) in [7, 11) is 0. The molecule has 0 N–H and O–H groups in total. The number of benzene rings is 2. The smallest absolute Gasteiger partial charge is 0.265 e. The van der Waals surface area contributed by atoms with Crippen molar-refractivity contribution in [2.24, 2.45) is 0 Å². The van der Waals surface area contributed by atoms with E-state index in [1.807, 2.05) is 60.7 Å². The van der Waals surface area contributed by atoms with Crippen LogP contribution in [-0.4, -0.2) is 51.8 Å². The second kappa shape index (κ2) is 7.02. The molecule has 2 aliphatic rings. The van der Waals surface area contributed by atoms with Crippen LogP contribution in [0.25, 0.3) is 11.3 Å². The largest absolute Gasteiger partial charge is 0.356 e. The highest BCUT2D eigenvalue weighted by molar-refractivity contribution is 5.90. The fourth-order valence-corrected chi connectivity index (χ4v) is 4.44. The quantitative estimate of drug-likeness (QED) is 0.646. The zero-order chi connectivity index (χ0) is 20.8. The zero-order valence-electron chi connectivity index (χ0n) is 16.3. The number of fused-ring (bicyclic) bond motifs is 1. The molecule has 0 bridgehead atoms. The maximum Gasteiger partial charge on any atom is 0.265 e. The van der Waals surface area contributed by atoms with Crippen LogP contribution in [0.4, 0.5) is 8.78 Å². The Morgan fingerprint density at radius 1 is 0.933 bits per heavy atom. The van der Waals surface area contributed by atoms with Gasteiger partial charge < -0.3 is 9.42 Å². The minimum atomic E-state index is -2.53. The number of amides is 1. The third-order valence-corrected chi connectivity index (χ3v) is 5.91. The lowest BCUT2D eigenvalue weighted by molar-refractivity contribution is -0.139. The van der Waals surface area contributed by atoms with E-state index >= 15 is 8.78 Å². The van der Waals surface area contributed by atoms with Gasteiger partial charge in [-0.05, 0) is 5.56 Å². The van der Waals surface area contributed by atoms with Crippen LogP contribution in [0, 0.1) is 0 Å². The van der Waals surface area contributed by atoms with Gasteiger partial charge in [0.25, 0.3) is 5.91 Å². The number of carbonyl (C=O) groups excluding carboxylic acids is 1. The van der Waals surface area contributed by atoms with E-state index in [-0.39, 0.29) is 32.7 Å². The number of hydrogen-bond acceptors (Lipinski definition) is 4. The molecule has 2 fully saturated rings. The Morgan fingerprint density at radius 3 is 2.33 bits per heavy atom. The highest BCUT2D eigenvalue weighted by atomic mass is 19.2. The molecule has 1 amide bonds. The van der Waals surface area contributed by atoms with Crippen LogP contribution in [0.15, 0.2) is 71.3 Å². The van der Waals surface area contributed by atoms with E-state index in [0.717, 1.165) is 11.1 Å². The predicted molar refractivity (Wildman–Crippen MR) is 107 cm³/mol. The van der Waals surface area contributed by atoms with Crippen LogP contribution in [0.2, 0.25) is 0 Å². The number of hydrogen-bond donors (Lipinski definition) is 0. The Morgan fingerprint density at radius 2 is 1.63 bits per heavy atom. The standard InChI is InChI=1S/C23H21F2N3O2/c24-22-14-27(13-19-11-20(30-26-19)18-9-5-2-6-10-18)16-23(22,25)21(29)28(15-22)12-17-7-3-1-4-8-17/h1-11H,12-16H2/t22-,23+/m0/s1. The van der Waals surface area contributed by atoms with Gasteiger partial charge in [-0.25, -0.2) is 8.78 Å². The first-order valence-corrected chi connectivity index (χ1v) is 9.91. The van der Waals surface area contributed by atoms with Crippen LogP contribution in [-0.2, 0) is 17.9 Å². The minimum Gasteiger partial charge on any atom is -0.356 e. The van der Waals surface area contributed by atoms with Crippen molar-refractivity contribution in [3.63, 3.8) is 0 Å². The maximum absolute atomic E-state index is 15.6. The summed E-state index contributed by atoms with van der Waals surface area (Å²) in [4.78, 5) is 15.6. The second-order valence-corrected chi connectivity index (χ2v) is 8.11. The van der Waals surface area contributed by atoms with E-state index < -0.39 is 17.2 Å². The van der Waals surface area contributed by atoms with Gasteiger partial charge in [0.05, 0.1) is 12.2 Å². The van der Waals surface area contributed by atoms with E-state index in [0.29, 0.717) is 11.5 Å². The fourth-order valence-electron chi connectivity index (χ4n) is 4.44. The van der Waals surface area contributed by atoms with Crippen molar-refractivity contribution in [1.82, 2.24) is 15.0 Å². The van der Waals surface area contributed by atoms with Gasteiger partial charge in [0, 0.05) is 37.8 Å². The van der Waals surface area contributed by atoms with Gasteiger partial charge in [-0.2, -0.15) is 0 Å². The Labute approximate surface area is 172 Å². The van der Waals surface area contributed by atoms with Crippen molar-refractivity contribution in [3.8, 4) is 11.3 Å². The van der Waals surface area contributed by atoms with E-state index in [2.05, 4.69) is 5.16 Å². The molecule has 1 aromatic heterocycles. The molecule has 2 aliphatic heterocycles. The maximum atomic E-state index is 15.6. The molecule has 0 radical (unpaired) electrons. The van der Waals surface area contributed by atoms with Gasteiger partial charge in [0.15, 0.2) is 11.4 Å². The summed E-state index contributed by atoms with van der Waals surface area (Å²) in [5.74, 6) is -0.179. The molecule has 154 valence electrons. The van der Waals surface area contributed by atoms with E-state index in [1.165, 1.54) is 4.90 Å². The summed E-state index contributed by atoms with van der Waals surface area (Å²) in [5.41, 5.74) is -2.45. The number of alkyl halides is 2. The molecule has 2 aromatic carbocycles. The lowest BCUT2D eigenvalue weighted by atomic mass is 9.93. The average molecular weight is 409 g/mol. The van der Waals surface area contributed by atoms with Gasteiger partial charge in [0.2, 0.25) is 5.67 Å². The summed E-state index contributed by atoms with van der Waals surface area (Å²) in [5, 5.41) is 4.03. The van der Waals surface area contributed by atoms with Gasteiger partial charge in [-0.3, -0.25) is 9.69 Å². The molecule has 0 spiro atoms. The van der Waals surface area contributed by atoms with Crippen molar-refractivity contribution in [2.45, 2.75) is 24.4 Å². The highest BCUT2D eigenvalue weighted by Crippen LogP contribution is 2.46. The van der Waals surface area contributed by atoms with Crippen molar-refractivity contribution in [1.29, 1.82) is 0 Å². The molecular weight excluding hydrogens is 388 g/mol. The highest BCUT2D eigenvalue weighted by Gasteiger charge is 2.70. The van der Waals surface area contributed by atoms with Crippen LogP contribution in [0.1, 0.15) is 11.3 Å². The molecule has 0 unspecified atom stereocenters. The lowest BCUT2D eigenvalue weighted by Crippen LogP contribution is -2.47. The number of rotatable bonds is 5. The minimum absolute atomic E-state index is 0.159. The second-order valence-electron chi connectivity index (χ2n) is 8.11. The number of carbonyl (C=O) groups is 1. The number of halogens is 2. The van der Waals surface area contributed by atoms with Crippen LogP contribution in [0.3, 0.4) is 0 Å². The van der Waals surface area contributed by atoms with Crippen molar-refractivity contribution in [2.75, 3.05) is 19.6 Å². The van der Waals surface area contributed by atoms with Gasteiger partial charge in [-0.1, -0.05) is 65.8 Å². The fraction of sp³-hybridized carbons (Fsp3) is 0.304. The van der Waals surface area contributed by atoms with Crippen molar-refractivity contribution < 1.29 is 18.1 Å². The lowest BCUT2D eigenvalue weighted by Gasteiger charge is -2.21. The monoisotopic (exact) mass is 409 g/mol. The molecule has 3 heterocycles. The predicted octanol–water partition coefficient (Wildman–Crippen LogP) is 3.62. The first-order valence-electron chi connectivity index (χ1n) is 9.91. The van der Waals surface area contributed by atoms with Crippen molar-refractivity contribution >= 4 is 5.91 Å². The van der Waals surface area contributed by atoms with Crippen LogP contribution < -0.4 is 0 Å². The summed E-state index contributed by atoms with van der Waals surface area (Å²) in [6.07, 6.45) is 0. The van der Waals surface area contributed by atoms with Crippen LogP contribution >= 0.6 is 0 Å². The zero-order valence-corrected chi connectivity index (χ0v) is 16.3. The average Bonchev–Trinajstić information content (AvgIpc) is 3.36. The summed E-state index contributed by atoms with van der Waals surface area (Å²) < 4.78 is 36.6.